The molecule has 0 unspecified atom stereocenters. The molecule has 8 nitrogen and oxygen atoms in total. The van der Waals surface area contributed by atoms with E-state index >= 15 is 0 Å². The zero-order chi connectivity index (χ0) is 32.6. The number of carbonyl (C=O) groups excluding carboxylic acids is 2. The van der Waals surface area contributed by atoms with Crippen molar-refractivity contribution in [3.8, 4) is 16.9 Å². The van der Waals surface area contributed by atoms with Crippen LogP contribution in [0, 0.1) is 0 Å². The number of anilines is 1. The number of furan rings is 1. The number of ether oxygens (including phenoxy) is 1. The molecule has 1 aliphatic heterocycles. The normalized spacial score (nSPS) is 14.8. The van der Waals surface area contributed by atoms with Crippen LogP contribution in [0.3, 0.4) is 0 Å². The fourth-order valence-electron chi connectivity index (χ4n) is 4.60. The largest absolute Gasteiger partial charge is 0.483 e. The van der Waals surface area contributed by atoms with E-state index in [0.29, 0.717) is 42.9 Å². The first-order valence-corrected chi connectivity index (χ1v) is 16.0. The summed E-state index contributed by atoms with van der Waals surface area (Å²) < 4.78 is 11.3. The molecule has 5 aromatic rings. The maximum absolute atomic E-state index is 13.7. The van der Waals surface area contributed by atoms with Gasteiger partial charge >= 0.3 is 0 Å². The molecule has 0 bridgehead atoms. The van der Waals surface area contributed by atoms with Crippen LogP contribution < -0.4 is 10.1 Å². The number of hydrogen-bond donors (Lipinski definition) is 1. The van der Waals surface area contributed by atoms with Gasteiger partial charge in [0.1, 0.15) is 11.5 Å². The van der Waals surface area contributed by atoms with Crippen LogP contribution in [0.2, 0.25) is 10.0 Å². The number of benzene rings is 4. The Morgan fingerprint density at radius 3 is 2.38 bits per heavy atom. The van der Waals surface area contributed by atoms with Crippen LogP contribution in [-0.2, 0) is 16.1 Å². The molecule has 1 aliphatic rings. The van der Waals surface area contributed by atoms with Crippen LogP contribution in [0.25, 0.3) is 17.2 Å². The Balaban J connectivity index is 1.20. The van der Waals surface area contributed by atoms with E-state index in [1.807, 2.05) is 42.5 Å². The average molecular weight is 682 g/mol. The van der Waals surface area contributed by atoms with Crippen molar-refractivity contribution in [1.29, 1.82) is 0 Å². The lowest BCUT2D eigenvalue weighted by Crippen LogP contribution is -2.28. The Labute approximate surface area is 285 Å². The lowest BCUT2D eigenvalue weighted by atomic mass is 10.0. The fraction of sp³-hybridized carbons (Fsp3) is 0.0556. The molecule has 0 radical (unpaired) electrons. The summed E-state index contributed by atoms with van der Waals surface area (Å²) in [6.07, 6.45) is 4.85. The summed E-state index contributed by atoms with van der Waals surface area (Å²) in [5, 5.41) is 12.8. The highest BCUT2D eigenvalue weighted by Crippen LogP contribution is 2.36. The monoisotopic (exact) mass is 680 g/mol. The number of amidine groups is 1. The van der Waals surface area contributed by atoms with Crippen LogP contribution in [0.5, 0.6) is 5.75 Å². The second-order valence-corrected chi connectivity index (χ2v) is 12.1. The predicted molar refractivity (Wildman–Crippen MR) is 189 cm³/mol. The molecule has 6 rings (SSSR count). The summed E-state index contributed by atoms with van der Waals surface area (Å²) in [5.74, 6) is 0.311. The lowest BCUT2D eigenvalue weighted by Gasteiger charge is -2.13. The first-order chi connectivity index (χ1) is 22.9. The number of nitrogens with zero attached hydrogens (tertiary/aromatic N) is 3. The molecule has 234 valence electrons. The predicted octanol–water partition coefficient (Wildman–Crippen LogP) is 8.78. The van der Waals surface area contributed by atoms with Crippen LogP contribution in [0.15, 0.2) is 135 Å². The molecule has 1 N–H and O–H groups in total. The average Bonchev–Trinajstić information content (AvgIpc) is 3.70. The summed E-state index contributed by atoms with van der Waals surface area (Å²) >= 11 is 13.4. The first-order valence-electron chi connectivity index (χ1n) is 14.4. The van der Waals surface area contributed by atoms with E-state index in [2.05, 4.69) is 27.7 Å². The van der Waals surface area contributed by atoms with E-state index in [-0.39, 0.29) is 25.0 Å². The van der Waals surface area contributed by atoms with Crippen LogP contribution >= 0.6 is 35.0 Å². The minimum Gasteiger partial charge on any atom is -0.483 e. The fourth-order valence-corrected chi connectivity index (χ4v) is 5.83. The standard InChI is InChI=1S/C36H26Cl2N4O4S/c37-28-12-15-30(16-13-28)40-34(43)23-46-32-17-14-29(38)19-27(32)20-33-35(44)42(22-31-7-4-18-45-31)36(47-33)41-39-21-24-8-10-26(11-9-24)25-5-2-1-3-6-25/h1-21H,22-23H2,(H,40,43)/b33-20-,39-21+,41-36-. The Morgan fingerprint density at radius 1 is 0.894 bits per heavy atom. The van der Waals surface area contributed by atoms with Gasteiger partial charge in [0, 0.05) is 21.3 Å². The molecule has 0 saturated carbocycles. The third-order valence-corrected chi connectivity index (χ3v) is 8.38. The summed E-state index contributed by atoms with van der Waals surface area (Å²) in [4.78, 5) is 28.1. The van der Waals surface area contributed by atoms with E-state index in [1.165, 1.54) is 4.90 Å². The SMILES string of the molecule is O=C(COc1ccc(Cl)cc1/C=C1\S/C(=N\N=C\c2ccc(-c3ccccc3)cc2)N(Cc2ccco2)C1=O)Nc1ccc(Cl)cc1. The molecule has 1 aromatic heterocycles. The molecule has 0 spiro atoms. The number of amides is 2. The highest BCUT2D eigenvalue weighted by Gasteiger charge is 2.34. The van der Waals surface area contributed by atoms with Gasteiger partial charge in [-0.15, -0.1) is 5.10 Å². The minimum absolute atomic E-state index is 0.167. The smallest absolute Gasteiger partial charge is 0.267 e. The van der Waals surface area contributed by atoms with Gasteiger partial charge in [0.05, 0.1) is 23.9 Å². The van der Waals surface area contributed by atoms with Gasteiger partial charge in [-0.25, -0.2) is 0 Å². The highest BCUT2D eigenvalue weighted by molar-refractivity contribution is 8.18. The topological polar surface area (TPSA) is 96.5 Å². The van der Waals surface area contributed by atoms with Gasteiger partial charge in [-0.3, -0.25) is 14.5 Å². The van der Waals surface area contributed by atoms with Gasteiger partial charge in [0.2, 0.25) is 0 Å². The van der Waals surface area contributed by atoms with Crippen molar-refractivity contribution < 1.29 is 18.7 Å². The summed E-state index contributed by atoms with van der Waals surface area (Å²) in [6, 6.07) is 33.3. The van der Waals surface area contributed by atoms with E-state index in [0.717, 1.165) is 28.5 Å². The number of carbonyl (C=O) groups is 2. The molecule has 1 fully saturated rings. The minimum atomic E-state index is -0.362. The quantitative estimate of drug-likeness (QED) is 0.0904. The van der Waals surface area contributed by atoms with Gasteiger partial charge in [0.25, 0.3) is 11.8 Å². The van der Waals surface area contributed by atoms with E-state index < -0.39 is 0 Å². The van der Waals surface area contributed by atoms with Crippen molar-refractivity contribution >= 4 is 69.9 Å². The van der Waals surface area contributed by atoms with Crippen molar-refractivity contribution in [3.05, 3.63) is 147 Å². The number of halogens is 2. The zero-order valence-electron chi connectivity index (χ0n) is 24.7. The van der Waals surface area contributed by atoms with Crippen molar-refractivity contribution in [1.82, 2.24) is 4.90 Å². The Morgan fingerprint density at radius 2 is 1.64 bits per heavy atom. The molecule has 1 saturated heterocycles. The molecule has 11 heteroatoms. The van der Waals surface area contributed by atoms with Crippen molar-refractivity contribution in [2.45, 2.75) is 6.54 Å². The Hall–Kier alpha value is -5.09. The van der Waals surface area contributed by atoms with Gasteiger partial charge < -0.3 is 14.5 Å². The molecular weight excluding hydrogens is 655 g/mol. The van der Waals surface area contributed by atoms with E-state index in [1.54, 1.807) is 73.2 Å². The summed E-state index contributed by atoms with van der Waals surface area (Å²) in [7, 11) is 0. The maximum Gasteiger partial charge on any atom is 0.267 e. The molecule has 2 heterocycles. The number of hydrogen-bond acceptors (Lipinski definition) is 7. The Bertz CT molecular complexity index is 1960. The number of rotatable bonds is 10. The van der Waals surface area contributed by atoms with Crippen molar-refractivity contribution in [2.75, 3.05) is 11.9 Å². The van der Waals surface area contributed by atoms with Crippen LogP contribution in [0.4, 0.5) is 5.69 Å². The van der Waals surface area contributed by atoms with Crippen molar-refractivity contribution in [2.24, 2.45) is 10.2 Å². The van der Waals surface area contributed by atoms with Gasteiger partial charge in [0.15, 0.2) is 11.8 Å². The third-order valence-electron chi connectivity index (χ3n) is 6.90. The first kappa shape index (κ1) is 31.9. The van der Waals surface area contributed by atoms with Crippen LogP contribution in [0.1, 0.15) is 16.9 Å². The molecule has 4 aromatic carbocycles. The number of nitrogens with one attached hydrogen (secondary N) is 1. The molecule has 47 heavy (non-hydrogen) atoms. The van der Waals surface area contributed by atoms with Gasteiger partial charge in [-0.2, -0.15) is 5.10 Å². The molecule has 0 aliphatic carbocycles. The highest BCUT2D eigenvalue weighted by atomic mass is 35.5. The van der Waals surface area contributed by atoms with E-state index in [4.69, 9.17) is 32.4 Å². The molecule has 2 amide bonds. The number of thioether (sulfide) groups is 1. The summed E-state index contributed by atoms with van der Waals surface area (Å²) in [5.41, 5.74) is 4.19. The zero-order valence-corrected chi connectivity index (χ0v) is 27.0. The third kappa shape index (κ3) is 8.39. The molecular formula is C36H26Cl2N4O4S. The van der Waals surface area contributed by atoms with Gasteiger partial charge in [-0.1, -0.05) is 77.8 Å². The van der Waals surface area contributed by atoms with Crippen molar-refractivity contribution in [3.63, 3.8) is 0 Å². The molecule has 0 atom stereocenters. The van der Waals surface area contributed by atoms with Crippen LogP contribution in [-0.4, -0.2) is 34.7 Å². The second kappa shape index (κ2) is 15.0. The van der Waals surface area contributed by atoms with E-state index in [9.17, 15) is 9.59 Å². The summed E-state index contributed by atoms with van der Waals surface area (Å²) in [6.45, 7) is -0.0973. The Kier molecular flexibility index (Phi) is 10.2. The second-order valence-electron chi connectivity index (χ2n) is 10.2. The van der Waals surface area contributed by atoms with Gasteiger partial charge in [-0.05, 0) is 89.1 Å². The maximum atomic E-state index is 13.7. The lowest BCUT2D eigenvalue weighted by molar-refractivity contribution is -0.122.